The Morgan fingerprint density at radius 1 is 1.15 bits per heavy atom. The highest BCUT2D eigenvalue weighted by molar-refractivity contribution is 5.52. The molecular formula is C25H38O2. The van der Waals surface area contributed by atoms with Crippen molar-refractivity contribution in [2.45, 2.75) is 103 Å². The molecule has 0 heterocycles. The molecule has 3 rings (SSSR count). The molecule has 2 heteroatoms. The predicted molar refractivity (Wildman–Crippen MR) is 114 cm³/mol. The molecule has 0 aromatic heterocycles. The first-order valence-corrected chi connectivity index (χ1v) is 11.0. The molecule has 0 spiro atoms. The van der Waals surface area contributed by atoms with Crippen molar-refractivity contribution in [3.8, 4) is 0 Å². The van der Waals surface area contributed by atoms with Crippen LogP contribution in [0.2, 0.25) is 0 Å². The maximum absolute atomic E-state index is 9.91. The molecule has 2 saturated carbocycles. The van der Waals surface area contributed by atoms with Gasteiger partial charge in [0, 0.05) is 5.41 Å². The van der Waals surface area contributed by atoms with E-state index in [1.807, 2.05) is 13.8 Å². The van der Waals surface area contributed by atoms with Gasteiger partial charge in [-0.1, -0.05) is 48.8 Å². The first-order valence-electron chi connectivity index (χ1n) is 11.0. The predicted octanol–water partition coefficient (Wildman–Crippen LogP) is 6.16. The van der Waals surface area contributed by atoms with Crippen molar-refractivity contribution in [1.82, 2.24) is 0 Å². The summed E-state index contributed by atoms with van der Waals surface area (Å²) in [7, 11) is 0. The summed E-state index contributed by atoms with van der Waals surface area (Å²) in [6.07, 6.45) is 21.3. The summed E-state index contributed by atoms with van der Waals surface area (Å²) in [4.78, 5) is 0. The second-order valence-corrected chi connectivity index (χ2v) is 9.74. The zero-order valence-corrected chi connectivity index (χ0v) is 17.6. The Morgan fingerprint density at radius 2 is 1.96 bits per heavy atom. The summed E-state index contributed by atoms with van der Waals surface area (Å²) in [5, 5.41) is 19.8. The first-order chi connectivity index (χ1) is 12.8. The minimum atomic E-state index is -0.543. The van der Waals surface area contributed by atoms with Crippen molar-refractivity contribution in [1.29, 1.82) is 0 Å². The fourth-order valence-corrected chi connectivity index (χ4v) is 5.10. The molecule has 0 aliphatic heterocycles. The SMILES string of the molecule is CC(C)(O)CCCCC1=CC=C2/C(=C/C=C3/CCCC(O)C3)CCCC12C. The standard InChI is InChI=1S/C25H38O2/c1-24(2,27)16-5-4-10-21-14-15-23-20(9-7-17-25(21,23)3)13-12-19-8-6-11-22(26)18-19/h12-15,22,26-27H,4-11,16-18H2,1-3H3/b19-12-,20-13+. The number of allylic oxidation sites excluding steroid dienone is 7. The van der Waals surface area contributed by atoms with E-state index < -0.39 is 5.60 Å². The van der Waals surface area contributed by atoms with Gasteiger partial charge in [-0.15, -0.1) is 0 Å². The molecule has 2 N–H and O–H groups in total. The van der Waals surface area contributed by atoms with Crippen LogP contribution >= 0.6 is 0 Å². The summed E-state index contributed by atoms with van der Waals surface area (Å²) < 4.78 is 0. The van der Waals surface area contributed by atoms with E-state index >= 15 is 0 Å². The molecule has 0 aromatic rings. The van der Waals surface area contributed by atoms with Crippen LogP contribution in [0, 0.1) is 5.41 Å². The van der Waals surface area contributed by atoms with Gasteiger partial charge in [0.1, 0.15) is 0 Å². The summed E-state index contributed by atoms with van der Waals surface area (Å²) in [5.41, 5.74) is 5.69. The Hall–Kier alpha value is -1.12. The van der Waals surface area contributed by atoms with Crippen LogP contribution in [0.3, 0.4) is 0 Å². The number of rotatable bonds is 6. The molecular weight excluding hydrogens is 332 g/mol. The van der Waals surface area contributed by atoms with Gasteiger partial charge >= 0.3 is 0 Å². The highest BCUT2D eigenvalue weighted by Gasteiger charge is 2.39. The normalized spacial score (nSPS) is 31.8. The molecule has 150 valence electrons. The number of unbranched alkanes of at least 4 members (excludes halogenated alkanes) is 1. The van der Waals surface area contributed by atoms with Crippen molar-refractivity contribution in [3.63, 3.8) is 0 Å². The molecule has 2 unspecified atom stereocenters. The summed E-state index contributed by atoms with van der Waals surface area (Å²) in [6.45, 7) is 6.24. The third-order valence-corrected chi connectivity index (χ3v) is 6.76. The molecule has 0 amide bonds. The lowest BCUT2D eigenvalue weighted by molar-refractivity contribution is 0.0681. The van der Waals surface area contributed by atoms with Crippen LogP contribution in [0.5, 0.6) is 0 Å². The Balaban J connectivity index is 1.62. The van der Waals surface area contributed by atoms with Gasteiger partial charge in [0.05, 0.1) is 11.7 Å². The van der Waals surface area contributed by atoms with Gasteiger partial charge < -0.3 is 10.2 Å². The van der Waals surface area contributed by atoms with E-state index in [1.54, 1.807) is 5.57 Å². The summed E-state index contributed by atoms with van der Waals surface area (Å²) in [6, 6.07) is 0. The zero-order valence-electron chi connectivity index (χ0n) is 17.6. The molecule has 0 radical (unpaired) electrons. The number of fused-ring (bicyclic) bond motifs is 1. The number of aliphatic hydroxyl groups excluding tert-OH is 1. The van der Waals surface area contributed by atoms with Crippen LogP contribution in [-0.4, -0.2) is 21.9 Å². The van der Waals surface area contributed by atoms with E-state index in [-0.39, 0.29) is 11.5 Å². The molecule has 3 aliphatic carbocycles. The van der Waals surface area contributed by atoms with E-state index in [2.05, 4.69) is 31.2 Å². The molecule has 0 aromatic carbocycles. The van der Waals surface area contributed by atoms with E-state index in [0.717, 1.165) is 51.4 Å². The van der Waals surface area contributed by atoms with Crippen molar-refractivity contribution in [3.05, 3.63) is 46.6 Å². The van der Waals surface area contributed by atoms with Crippen LogP contribution in [-0.2, 0) is 0 Å². The van der Waals surface area contributed by atoms with E-state index in [4.69, 9.17) is 0 Å². The minimum Gasteiger partial charge on any atom is -0.393 e. The van der Waals surface area contributed by atoms with Crippen LogP contribution < -0.4 is 0 Å². The lowest BCUT2D eigenvalue weighted by atomic mass is 9.66. The Kier molecular flexibility index (Phi) is 6.48. The maximum atomic E-state index is 9.91. The van der Waals surface area contributed by atoms with Crippen LogP contribution in [0.4, 0.5) is 0 Å². The second kappa shape index (κ2) is 8.49. The van der Waals surface area contributed by atoms with Crippen molar-refractivity contribution in [2.24, 2.45) is 5.41 Å². The molecule has 2 fully saturated rings. The largest absolute Gasteiger partial charge is 0.393 e. The van der Waals surface area contributed by atoms with Crippen LogP contribution in [0.25, 0.3) is 0 Å². The molecule has 27 heavy (non-hydrogen) atoms. The molecule has 2 nitrogen and oxygen atoms in total. The van der Waals surface area contributed by atoms with Gasteiger partial charge in [0.25, 0.3) is 0 Å². The van der Waals surface area contributed by atoms with Gasteiger partial charge in [-0.3, -0.25) is 0 Å². The third kappa shape index (κ3) is 5.23. The van der Waals surface area contributed by atoms with Gasteiger partial charge in [0.2, 0.25) is 0 Å². The lowest BCUT2D eigenvalue weighted by Gasteiger charge is -2.37. The average molecular weight is 371 g/mol. The highest BCUT2D eigenvalue weighted by atomic mass is 16.3. The fourth-order valence-electron chi connectivity index (χ4n) is 5.10. The van der Waals surface area contributed by atoms with E-state index in [0.29, 0.717) is 0 Å². The zero-order chi connectivity index (χ0) is 19.5. The Morgan fingerprint density at radius 3 is 2.70 bits per heavy atom. The highest BCUT2D eigenvalue weighted by Crippen LogP contribution is 2.53. The second-order valence-electron chi connectivity index (χ2n) is 9.74. The third-order valence-electron chi connectivity index (χ3n) is 6.76. The maximum Gasteiger partial charge on any atom is 0.0591 e. The average Bonchev–Trinajstić information content (AvgIpc) is 2.93. The molecule has 2 atom stereocenters. The first kappa shape index (κ1) is 20.6. The smallest absolute Gasteiger partial charge is 0.0591 e. The lowest BCUT2D eigenvalue weighted by Crippen LogP contribution is -2.25. The van der Waals surface area contributed by atoms with Crippen LogP contribution in [0.15, 0.2) is 46.6 Å². The van der Waals surface area contributed by atoms with Crippen molar-refractivity contribution >= 4 is 0 Å². The number of hydrogen-bond donors (Lipinski definition) is 2. The van der Waals surface area contributed by atoms with Gasteiger partial charge in [-0.05, 0) is 89.2 Å². The number of aliphatic hydroxyl groups is 2. The van der Waals surface area contributed by atoms with Crippen molar-refractivity contribution < 1.29 is 10.2 Å². The summed E-state index contributed by atoms with van der Waals surface area (Å²) in [5.74, 6) is 0. The number of hydrogen-bond acceptors (Lipinski definition) is 2. The molecule has 0 saturated heterocycles. The molecule has 0 bridgehead atoms. The van der Waals surface area contributed by atoms with Gasteiger partial charge in [0.15, 0.2) is 0 Å². The van der Waals surface area contributed by atoms with Crippen molar-refractivity contribution in [2.75, 3.05) is 0 Å². The summed E-state index contributed by atoms with van der Waals surface area (Å²) >= 11 is 0. The molecule has 3 aliphatic rings. The van der Waals surface area contributed by atoms with Crippen LogP contribution in [0.1, 0.15) is 91.4 Å². The van der Waals surface area contributed by atoms with E-state index in [1.165, 1.54) is 36.0 Å². The minimum absolute atomic E-state index is 0.136. The Labute approximate surface area is 165 Å². The monoisotopic (exact) mass is 370 g/mol. The topological polar surface area (TPSA) is 40.5 Å². The fraction of sp³-hybridized carbons (Fsp3) is 0.680. The van der Waals surface area contributed by atoms with Gasteiger partial charge in [-0.2, -0.15) is 0 Å². The Bertz CT molecular complexity index is 656. The van der Waals surface area contributed by atoms with E-state index in [9.17, 15) is 10.2 Å². The van der Waals surface area contributed by atoms with Gasteiger partial charge in [-0.25, -0.2) is 0 Å². The quantitative estimate of drug-likeness (QED) is 0.550.